The molecule has 3 heteroatoms. The molecule has 0 N–H and O–H groups in total. The first-order valence-electron chi connectivity index (χ1n) is 5.19. The van der Waals surface area contributed by atoms with Crippen LogP contribution in [0, 0.1) is 5.41 Å². The highest BCUT2D eigenvalue weighted by Gasteiger charge is 2.22. The molecule has 13 heavy (non-hydrogen) atoms. The fraction of sp³-hybridized carbons (Fsp3) is 1.00. The van der Waals surface area contributed by atoms with Crippen molar-refractivity contribution >= 4 is 8.69 Å². The van der Waals surface area contributed by atoms with Crippen molar-refractivity contribution in [1.29, 1.82) is 0 Å². The number of hydrogen-bond acceptors (Lipinski definition) is 2. The smallest absolute Gasteiger partial charge is 0.294 e. The van der Waals surface area contributed by atoms with Gasteiger partial charge in [0.15, 0.2) is 0 Å². The summed E-state index contributed by atoms with van der Waals surface area (Å²) in [6, 6.07) is 0. The largest absolute Gasteiger partial charge is 0.327 e. The van der Waals surface area contributed by atoms with Crippen LogP contribution in [0.1, 0.15) is 52.9 Å². The summed E-state index contributed by atoms with van der Waals surface area (Å²) in [6.45, 7) is 7.37. The Morgan fingerprint density at radius 1 is 1.15 bits per heavy atom. The van der Waals surface area contributed by atoms with Crippen molar-refractivity contribution in [3.63, 3.8) is 0 Å². The molecule has 0 rings (SSSR count). The summed E-state index contributed by atoms with van der Waals surface area (Å²) in [4.78, 5) is 0. The van der Waals surface area contributed by atoms with Gasteiger partial charge in [-0.25, -0.2) is 4.57 Å². The number of rotatable bonds is 8. The molecule has 0 unspecified atom stereocenters. The quantitative estimate of drug-likeness (QED) is 0.437. The Balaban J connectivity index is 3.74. The van der Waals surface area contributed by atoms with Gasteiger partial charge in [-0.3, -0.25) is 4.52 Å². The Morgan fingerprint density at radius 2 is 1.69 bits per heavy atom. The lowest BCUT2D eigenvalue weighted by Gasteiger charge is -2.30. The summed E-state index contributed by atoms with van der Waals surface area (Å²) in [5.74, 6) is 0. The standard InChI is InChI=1S/C10H21O2P/c1-4-10(5-2,6-3)8-7-9-12-13-11/h4-9H2,1-3H3. The molecule has 0 saturated heterocycles. The molecule has 0 radical (unpaired) electrons. The van der Waals surface area contributed by atoms with Crippen LogP contribution in [0.5, 0.6) is 0 Å². The van der Waals surface area contributed by atoms with Gasteiger partial charge in [0.05, 0.1) is 6.61 Å². The van der Waals surface area contributed by atoms with Crippen LogP contribution in [0.15, 0.2) is 0 Å². The molecule has 0 fully saturated rings. The summed E-state index contributed by atoms with van der Waals surface area (Å²) in [5, 5.41) is 0. The van der Waals surface area contributed by atoms with E-state index in [1.165, 1.54) is 25.7 Å². The zero-order valence-corrected chi connectivity index (χ0v) is 9.90. The van der Waals surface area contributed by atoms with Crippen LogP contribution in [0.4, 0.5) is 0 Å². The molecule has 78 valence electrons. The minimum atomic E-state index is -0.186. The maximum Gasteiger partial charge on any atom is 0.327 e. The molecule has 0 atom stereocenters. The summed E-state index contributed by atoms with van der Waals surface area (Å²) in [6.07, 6.45) is 5.90. The van der Waals surface area contributed by atoms with Crippen LogP contribution >= 0.6 is 8.69 Å². The maximum atomic E-state index is 10.0. The Hall–Kier alpha value is 0.0600. The zero-order chi connectivity index (χ0) is 10.2. The second-order valence-corrected chi connectivity index (χ2v) is 3.98. The van der Waals surface area contributed by atoms with Crippen LogP contribution < -0.4 is 0 Å². The highest BCUT2D eigenvalue weighted by Crippen LogP contribution is 2.35. The SMILES string of the molecule is CCC(CC)(CC)CCCOP=O. The van der Waals surface area contributed by atoms with Gasteiger partial charge in [-0.1, -0.05) is 40.0 Å². The van der Waals surface area contributed by atoms with Crippen LogP contribution in [-0.2, 0) is 9.09 Å². The van der Waals surface area contributed by atoms with E-state index in [-0.39, 0.29) is 8.69 Å². The van der Waals surface area contributed by atoms with E-state index in [9.17, 15) is 4.57 Å². The van der Waals surface area contributed by atoms with E-state index in [0.29, 0.717) is 12.0 Å². The lowest BCUT2D eigenvalue weighted by molar-refractivity contribution is 0.202. The molecule has 0 saturated carbocycles. The normalized spacial score (nSPS) is 12.2. The minimum Gasteiger partial charge on any atom is -0.294 e. The fourth-order valence-electron chi connectivity index (χ4n) is 1.83. The molecular formula is C10H21O2P. The van der Waals surface area contributed by atoms with E-state index < -0.39 is 0 Å². The van der Waals surface area contributed by atoms with E-state index >= 15 is 0 Å². The van der Waals surface area contributed by atoms with Gasteiger partial charge in [-0.05, 0) is 18.3 Å². The van der Waals surface area contributed by atoms with Crippen molar-refractivity contribution in [3.05, 3.63) is 0 Å². The van der Waals surface area contributed by atoms with Gasteiger partial charge >= 0.3 is 8.69 Å². The predicted octanol–water partition coefficient (Wildman–Crippen LogP) is 4.21. The van der Waals surface area contributed by atoms with Crippen molar-refractivity contribution in [1.82, 2.24) is 0 Å². The molecule has 0 aliphatic rings. The molecule has 0 spiro atoms. The Morgan fingerprint density at radius 3 is 2.08 bits per heavy atom. The average molecular weight is 204 g/mol. The number of hydrogen-bond donors (Lipinski definition) is 0. The Kier molecular flexibility index (Phi) is 7.50. The monoisotopic (exact) mass is 204 g/mol. The van der Waals surface area contributed by atoms with Gasteiger partial charge < -0.3 is 0 Å². The highest BCUT2D eigenvalue weighted by atomic mass is 31.1. The summed E-state index contributed by atoms with van der Waals surface area (Å²) < 4.78 is 14.8. The molecule has 0 aliphatic heterocycles. The molecule has 0 bridgehead atoms. The van der Waals surface area contributed by atoms with E-state index in [1.807, 2.05) is 0 Å². The maximum absolute atomic E-state index is 10.0. The van der Waals surface area contributed by atoms with Crippen LogP contribution in [0.3, 0.4) is 0 Å². The molecular weight excluding hydrogens is 183 g/mol. The summed E-state index contributed by atoms with van der Waals surface area (Å²) >= 11 is 0. The molecule has 0 aliphatic carbocycles. The van der Waals surface area contributed by atoms with E-state index in [0.717, 1.165) is 6.42 Å². The van der Waals surface area contributed by atoms with Crippen molar-refractivity contribution < 1.29 is 9.09 Å². The van der Waals surface area contributed by atoms with E-state index in [2.05, 4.69) is 20.8 Å². The minimum absolute atomic E-state index is 0.186. The topological polar surface area (TPSA) is 26.3 Å². The zero-order valence-electron chi connectivity index (χ0n) is 9.01. The van der Waals surface area contributed by atoms with Gasteiger partial charge in [-0.15, -0.1) is 0 Å². The van der Waals surface area contributed by atoms with Gasteiger partial charge in [0.1, 0.15) is 0 Å². The van der Waals surface area contributed by atoms with Crippen LogP contribution in [-0.4, -0.2) is 6.61 Å². The molecule has 0 amide bonds. The second kappa shape index (κ2) is 7.46. The highest BCUT2D eigenvalue weighted by molar-refractivity contribution is 7.17. The summed E-state index contributed by atoms with van der Waals surface area (Å²) in [7, 11) is -0.186. The van der Waals surface area contributed by atoms with E-state index in [4.69, 9.17) is 4.52 Å². The van der Waals surface area contributed by atoms with Crippen molar-refractivity contribution in [3.8, 4) is 0 Å². The first-order chi connectivity index (χ1) is 6.24. The first kappa shape index (κ1) is 13.1. The average Bonchev–Trinajstić information content (AvgIpc) is 2.20. The van der Waals surface area contributed by atoms with Crippen LogP contribution in [0.2, 0.25) is 0 Å². The van der Waals surface area contributed by atoms with Crippen LogP contribution in [0.25, 0.3) is 0 Å². The first-order valence-corrected chi connectivity index (χ1v) is 5.92. The molecule has 0 aromatic heterocycles. The Bertz CT molecular complexity index is 125. The predicted molar refractivity (Wildman–Crippen MR) is 56.1 cm³/mol. The molecule has 0 heterocycles. The lowest BCUT2D eigenvalue weighted by Crippen LogP contribution is -2.18. The molecule has 0 aromatic rings. The fourth-order valence-corrected chi connectivity index (χ4v) is 2.03. The van der Waals surface area contributed by atoms with Gasteiger partial charge in [0.2, 0.25) is 0 Å². The van der Waals surface area contributed by atoms with Gasteiger partial charge in [0.25, 0.3) is 0 Å². The Labute approximate surface area is 83.3 Å². The van der Waals surface area contributed by atoms with E-state index in [1.54, 1.807) is 0 Å². The third-order valence-corrected chi connectivity index (χ3v) is 3.53. The van der Waals surface area contributed by atoms with Gasteiger partial charge in [0, 0.05) is 0 Å². The van der Waals surface area contributed by atoms with Crippen molar-refractivity contribution in [2.75, 3.05) is 6.61 Å². The summed E-state index contributed by atoms with van der Waals surface area (Å²) in [5.41, 5.74) is 0.489. The lowest BCUT2D eigenvalue weighted by atomic mass is 9.76. The second-order valence-electron chi connectivity index (χ2n) is 3.57. The third-order valence-electron chi connectivity index (χ3n) is 3.25. The van der Waals surface area contributed by atoms with Crippen molar-refractivity contribution in [2.24, 2.45) is 5.41 Å². The molecule has 2 nitrogen and oxygen atoms in total. The molecule has 0 aromatic carbocycles. The van der Waals surface area contributed by atoms with Crippen molar-refractivity contribution in [2.45, 2.75) is 52.9 Å². The third kappa shape index (κ3) is 4.73. The van der Waals surface area contributed by atoms with Gasteiger partial charge in [-0.2, -0.15) is 0 Å².